The molecule has 1 aliphatic carbocycles. The molecule has 0 spiro atoms. The quantitative estimate of drug-likeness (QED) is 0.824. The number of amides is 1. The van der Waals surface area contributed by atoms with Crippen LogP contribution in [0.4, 0.5) is 0 Å². The van der Waals surface area contributed by atoms with Gasteiger partial charge in [0.1, 0.15) is 17.8 Å². The fourth-order valence-electron chi connectivity index (χ4n) is 4.46. The largest absolute Gasteiger partial charge is 0.339 e. The van der Waals surface area contributed by atoms with Crippen molar-refractivity contribution in [1.82, 2.24) is 15.6 Å². The molecule has 2 aromatic rings. The van der Waals surface area contributed by atoms with Crippen LogP contribution < -0.4 is 10.6 Å². The number of nitriles is 2. The van der Waals surface area contributed by atoms with Gasteiger partial charge in [0.25, 0.3) is 0 Å². The van der Waals surface area contributed by atoms with Crippen LogP contribution in [0.2, 0.25) is 0 Å². The third-order valence-corrected chi connectivity index (χ3v) is 6.03. The minimum absolute atomic E-state index is 0.0560. The molecule has 1 saturated heterocycles. The maximum atomic E-state index is 12.6. The highest BCUT2D eigenvalue weighted by Gasteiger charge is 2.43. The van der Waals surface area contributed by atoms with Gasteiger partial charge in [-0.05, 0) is 54.9 Å². The number of pyridine rings is 1. The van der Waals surface area contributed by atoms with E-state index in [0.717, 1.165) is 41.5 Å². The van der Waals surface area contributed by atoms with E-state index in [4.69, 9.17) is 5.26 Å². The molecular formula is C23H23N5O. The Kier molecular flexibility index (Phi) is 5.29. The topological polar surface area (TPSA) is 102 Å². The minimum atomic E-state index is -0.548. The third kappa shape index (κ3) is 3.99. The number of benzene rings is 1. The van der Waals surface area contributed by atoms with Gasteiger partial charge in [-0.15, -0.1) is 0 Å². The summed E-state index contributed by atoms with van der Waals surface area (Å²) in [6.45, 7) is 1.87. The van der Waals surface area contributed by atoms with E-state index in [9.17, 15) is 10.1 Å². The molecule has 1 amide bonds. The lowest BCUT2D eigenvalue weighted by Gasteiger charge is -2.23. The van der Waals surface area contributed by atoms with E-state index in [1.165, 1.54) is 0 Å². The molecule has 6 nitrogen and oxygen atoms in total. The Hall–Kier alpha value is -3.22. The van der Waals surface area contributed by atoms with Crippen molar-refractivity contribution in [2.45, 2.75) is 50.7 Å². The fourth-order valence-corrected chi connectivity index (χ4v) is 4.46. The highest BCUT2D eigenvalue weighted by molar-refractivity contribution is 5.83. The molecule has 6 heteroatoms. The smallest absolute Gasteiger partial charge is 0.238 e. The third-order valence-electron chi connectivity index (χ3n) is 6.03. The Bertz CT molecular complexity index is 1000. The Labute approximate surface area is 170 Å². The number of carbonyl (C=O) groups is 1. The Morgan fingerprint density at radius 3 is 2.66 bits per heavy atom. The van der Waals surface area contributed by atoms with Crippen molar-refractivity contribution in [2.75, 3.05) is 0 Å². The van der Waals surface area contributed by atoms with E-state index in [1.54, 1.807) is 6.20 Å². The zero-order valence-corrected chi connectivity index (χ0v) is 16.4. The summed E-state index contributed by atoms with van der Waals surface area (Å²) in [6, 6.07) is 13.9. The van der Waals surface area contributed by atoms with Crippen LogP contribution >= 0.6 is 0 Å². The highest BCUT2D eigenvalue weighted by atomic mass is 16.2. The van der Waals surface area contributed by atoms with Crippen LogP contribution in [0.25, 0.3) is 11.1 Å². The zero-order chi connectivity index (χ0) is 20.4. The SMILES string of the molecule is Cc1cc(-c2ccc(C[C@@H](C#N)NC(=O)C3NC4CCC3C4)cc2)cnc1C#N. The van der Waals surface area contributed by atoms with Crippen LogP contribution in [0.1, 0.15) is 36.1 Å². The van der Waals surface area contributed by atoms with E-state index in [2.05, 4.69) is 27.8 Å². The van der Waals surface area contributed by atoms with Gasteiger partial charge >= 0.3 is 0 Å². The predicted molar refractivity (Wildman–Crippen MR) is 108 cm³/mol. The Balaban J connectivity index is 1.39. The molecule has 4 rings (SSSR count). The maximum absolute atomic E-state index is 12.6. The van der Waals surface area contributed by atoms with Gasteiger partial charge < -0.3 is 10.6 Å². The monoisotopic (exact) mass is 385 g/mol. The summed E-state index contributed by atoms with van der Waals surface area (Å²) in [5, 5.41) is 24.8. The van der Waals surface area contributed by atoms with Gasteiger partial charge in [-0.2, -0.15) is 10.5 Å². The van der Waals surface area contributed by atoms with Gasteiger partial charge in [0.2, 0.25) is 5.91 Å². The summed E-state index contributed by atoms with van der Waals surface area (Å²) in [4.78, 5) is 16.7. The van der Waals surface area contributed by atoms with Crippen molar-refractivity contribution < 1.29 is 4.79 Å². The van der Waals surface area contributed by atoms with Gasteiger partial charge in [-0.25, -0.2) is 4.98 Å². The van der Waals surface area contributed by atoms with E-state index >= 15 is 0 Å². The molecule has 1 saturated carbocycles. The Morgan fingerprint density at radius 2 is 2.07 bits per heavy atom. The van der Waals surface area contributed by atoms with Gasteiger partial charge in [-0.1, -0.05) is 24.3 Å². The number of piperidine rings is 1. The fraction of sp³-hybridized carbons (Fsp3) is 0.391. The molecule has 2 fully saturated rings. The first-order chi connectivity index (χ1) is 14.1. The average molecular weight is 385 g/mol. The van der Waals surface area contributed by atoms with Gasteiger partial charge in [-0.3, -0.25) is 4.79 Å². The molecule has 2 heterocycles. The van der Waals surface area contributed by atoms with Crippen molar-refractivity contribution in [2.24, 2.45) is 5.92 Å². The zero-order valence-electron chi connectivity index (χ0n) is 16.4. The van der Waals surface area contributed by atoms with Crippen molar-refractivity contribution in [3.63, 3.8) is 0 Å². The number of aromatic nitrogens is 1. The maximum Gasteiger partial charge on any atom is 0.238 e. The molecule has 1 aliphatic heterocycles. The summed E-state index contributed by atoms with van der Waals surface area (Å²) >= 11 is 0. The molecule has 2 bridgehead atoms. The number of rotatable bonds is 5. The van der Waals surface area contributed by atoms with Gasteiger partial charge in [0, 0.05) is 24.2 Å². The number of hydrogen-bond donors (Lipinski definition) is 2. The van der Waals surface area contributed by atoms with Crippen LogP contribution in [0, 0.1) is 35.5 Å². The summed E-state index contributed by atoms with van der Waals surface area (Å²) in [5.74, 6) is 0.350. The van der Waals surface area contributed by atoms with Crippen LogP contribution in [0.15, 0.2) is 36.5 Å². The van der Waals surface area contributed by atoms with Crippen LogP contribution in [-0.2, 0) is 11.2 Å². The van der Waals surface area contributed by atoms with Crippen molar-refractivity contribution in [3.8, 4) is 23.3 Å². The number of hydrogen-bond acceptors (Lipinski definition) is 5. The number of nitrogens with zero attached hydrogens (tertiary/aromatic N) is 3. The van der Waals surface area contributed by atoms with Crippen LogP contribution in [0.5, 0.6) is 0 Å². The molecule has 2 aliphatic rings. The first kappa shape index (κ1) is 19.1. The molecule has 146 valence electrons. The molecule has 2 N–H and O–H groups in total. The molecule has 29 heavy (non-hydrogen) atoms. The van der Waals surface area contributed by atoms with Crippen molar-refractivity contribution in [3.05, 3.63) is 53.3 Å². The second-order valence-electron chi connectivity index (χ2n) is 8.01. The summed E-state index contributed by atoms with van der Waals surface area (Å²) in [5.41, 5.74) is 4.21. The highest BCUT2D eigenvalue weighted by Crippen LogP contribution is 2.35. The molecule has 4 atom stereocenters. The molecule has 1 aromatic carbocycles. The van der Waals surface area contributed by atoms with E-state index < -0.39 is 6.04 Å². The minimum Gasteiger partial charge on any atom is -0.339 e. The number of nitrogens with one attached hydrogen (secondary N) is 2. The van der Waals surface area contributed by atoms with Crippen LogP contribution in [-0.4, -0.2) is 29.0 Å². The van der Waals surface area contributed by atoms with Crippen LogP contribution in [0.3, 0.4) is 0 Å². The standard InChI is InChI=1S/C23H23N5O/c1-14-8-18(13-26-21(14)12-25)16-4-2-15(3-5-16)9-20(11-24)28-23(29)22-17-6-7-19(10-17)27-22/h2-5,8,13,17,19-20,22,27H,6-7,9-10H2,1H3,(H,28,29)/t17?,19?,20-,22?/m0/s1. The van der Waals surface area contributed by atoms with Gasteiger partial charge in [0.15, 0.2) is 0 Å². The molecule has 0 radical (unpaired) electrons. The Morgan fingerprint density at radius 1 is 1.28 bits per heavy atom. The number of aryl methyl sites for hydroxylation is 1. The van der Waals surface area contributed by atoms with Crippen molar-refractivity contribution >= 4 is 5.91 Å². The predicted octanol–water partition coefficient (Wildman–Crippen LogP) is 2.62. The van der Waals surface area contributed by atoms with Crippen molar-refractivity contribution in [1.29, 1.82) is 10.5 Å². The lowest BCUT2D eigenvalue weighted by Crippen LogP contribution is -2.50. The first-order valence-electron chi connectivity index (χ1n) is 9.99. The summed E-state index contributed by atoms with van der Waals surface area (Å²) < 4.78 is 0. The lowest BCUT2D eigenvalue weighted by molar-refractivity contribution is -0.124. The van der Waals surface area contributed by atoms with E-state index in [0.29, 0.717) is 24.1 Å². The molecular weight excluding hydrogens is 362 g/mol. The number of fused-ring (bicyclic) bond motifs is 2. The molecule has 1 aromatic heterocycles. The summed E-state index contributed by atoms with van der Waals surface area (Å²) in [7, 11) is 0. The summed E-state index contributed by atoms with van der Waals surface area (Å²) in [6.07, 6.45) is 5.48. The molecule has 3 unspecified atom stereocenters. The second-order valence-corrected chi connectivity index (χ2v) is 8.01. The lowest BCUT2D eigenvalue weighted by atomic mass is 9.98. The van der Waals surface area contributed by atoms with Gasteiger partial charge in [0.05, 0.1) is 12.1 Å². The number of carbonyl (C=O) groups excluding carboxylic acids is 1. The van der Waals surface area contributed by atoms with E-state index in [1.807, 2.05) is 37.3 Å². The second kappa shape index (κ2) is 8.03. The average Bonchev–Trinajstić information content (AvgIpc) is 3.37. The first-order valence-corrected chi connectivity index (χ1v) is 9.99. The van der Waals surface area contributed by atoms with E-state index in [-0.39, 0.29) is 11.9 Å². The normalized spacial score (nSPS) is 23.2.